The van der Waals surface area contributed by atoms with E-state index in [0.717, 1.165) is 25.9 Å². The quantitative estimate of drug-likeness (QED) is 0.856. The molecule has 0 atom stereocenters. The number of hydrogen-bond acceptors (Lipinski definition) is 4. The predicted octanol–water partition coefficient (Wildman–Crippen LogP) is 3.65. The van der Waals surface area contributed by atoms with Gasteiger partial charge in [-0.1, -0.05) is 12.1 Å². The van der Waals surface area contributed by atoms with Gasteiger partial charge in [-0.3, -0.25) is 4.90 Å². The van der Waals surface area contributed by atoms with E-state index in [1.54, 1.807) is 18.2 Å². The third kappa shape index (κ3) is 5.05. The van der Waals surface area contributed by atoms with Crippen LogP contribution in [0.2, 0.25) is 0 Å². The maximum absolute atomic E-state index is 12.7. The molecule has 2 rings (SSSR count). The third-order valence-electron chi connectivity index (χ3n) is 4.51. The van der Waals surface area contributed by atoms with Gasteiger partial charge in [0.25, 0.3) is 0 Å². The summed E-state index contributed by atoms with van der Waals surface area (Å²) < 4.78 is 35.1. The standard InChI is InChI=1S/C18H28F2N2O2/c1-18(2,3)22-10-8-14(9-11-22)21-12-13-6-5-7-15(23-4)16(13)24-17(19)20/h5-7,14,17,21H,8-12H2,1-4H3. The molecule has 1 aliphatic rings. The molecular formula is C18H28F2N2O2. The predicted molar refractivity (Wildman–Crippen MR) is 90.8 cm³/mol. The van der Waals surface area contributed by atoms with Gasteiger partial charge in [0.1, 0.15) is 0 Å². The van der Waals surface area contributed by atoms with Crippen LogP contribution in [0.5, 0.6) is 11.5 Å². The van der Waals surface area contributed by atoms with E-state index in [2.05, 4.69) is 35.7 Å². The van der Waals surface area contributed by atoms with Gasteiger partial charge in [-0.05, 0) is 39.7 Å². The fourth-order valence-electron chi connectivity index (χ4n) is 3.09. The molecule has 0 amide bonds. The molecule has 0 saturated carbocycles. The summed E-state index contributed by atoms with van der Waals surface area (Å²) in [6, 6.07) is 5.59. The Morgan fingerprint density at radius 1 is 1.25 bits per heavy atom. The number of hydrogen-bond donors (Lipinski definition) is 1. The largest absolute Gasteiger partial charge is 0.493 e. The first kappa shape index (κ1) is 18.9. The lowest BCUT2D eigenvalue weighted by molar-refractivity contribution is -0.0519. The van der Waals surface area contributed by atoms with Gasteiger partial charge in [-0.2, -0.15) is 8.78 Å². The van der Waals surface area contributed by atoms with Crippen molar-refractivity contribution < 1.29 is 18.3 Å². The highest BCUT2D eigenvalue weighted by Crippen LogP contribution is 2.32. The van der Waals surface area contributed by atoms with Crippen LogP contribution in [0.25, 0.3) is 0 Å². The molecule has 0 bridgehead atoms. The van der Waals surface area contributed by atoms with Crippen LogP contribution in [-0.4, -0.2) is 43.3 Å². The summed E-state index contributed by atoms with van der Waals surface area (Å²) in [6.45, 7) is 6.38. The fourth-order valence-corrected chi connectivity index (χ4v) is 3.09. The average molecular weight is 342 g/mol. The number of alkyl halides is 2. The van der Waals surface area contributed by atoms with E-state index in [9.17, 15) is 8.78 Å². The summed E-state index contributed by atoms with van der Waals surface area (Å²) in [7, 11) is 1.45. The number of benzene rings is 1. The molecule has 1 aromatic rings. The van der Waals surface area contributed by atoms with Gasteiger partial charge >= 0.3 is 6.61 Å². The van der Waals surface area contributed by atoms with Crippen molar-refractivity contribution in [3.05, 3.63) is 23.8 Å². The van der Waals surface area contributed by atoms with Gasteiger partial charge in [0.05, 0.1) is 7.11 Å². The number of rotatable bonds is 6. The Labute approximate surface area is 143 Å². The molecule has 0 aromatic heterocycles. The lowest BCUT2D eigenvalue weighted by atomic mass is 9.98. The van der Waals surface area contributed by atoms with Crippen molar-refractivity contribution in [1.82, 2.24) is 10.2 Å². The number of nitrogens with one attached hydrogen (secondary N) is 1. The van der Waals surface area contributed by atoms with Gasteiger partial charge in [-0.25, -0.2) is 0 Å². The molecule has 24 heavy (non-hydrogen) atoms. The first-order valence-electron chi connectivity index (χ1n) is 8.40. The summed E-state index contributed by atoms with van der Waals surface area (Å²) in [5.41, 5.74) is 0.878. The highest BCUT2D eigenvalue weighted by molar-refractivity contribution is 5.46. The molecule has 6 heteroatoms. The van der Waals surface area contributed by atoms with Crippen molar-refractivity contribution in [1.29, 1.82) is 0 Å². The normalized spacial score (nSPS) is 17.3. The molecule has 0 aliphatic carbocycles. The lowest BCUT2D eigenvalue weighted by Crippen LogP contribution is -2.49. The number of piperidine rings is 1. The van der Waals surface area contributed by atoms with E-state index in [4.69, 9.17) is 4.74 Å². The van der Waals surface area contributed by atoms with E-state index in [1.807, 2.05) is 0 Å². The zero-order valence-corrected chi connectivity index (χ0v) is 14.9. The minimum Gasteiger partial charge on any atom is -0.493 e. The Balaban J connectivity index is 1.95. The summed E-state index contributed by atoms with van der Waals surface area (Å²) in [5.74, 6) is 0.451. The molecule has 0 spiro atoms. The van der Waals surface area contributed by atoms with Crippen LogP contribution in [0.4, 0.5) is 8.78 Å². The Hall–Kier alpha value is -1.40. The van der Waals surface area contributed by atoms with Gasteiger partial charge < -0.3 is 14.8 Å². The topological polar surface area (TPSA) is 33.7 Å². The monoisotopic (exact) mass is 342 g/mol. The van der Waals surface area contributed by atoms with Crippen LogP contribution in [-0.2, 0) is 6.54 Å². The SMILES string of the molecule is COc1cccc(CNC2CCN(C(C)(C)C)CC2)c1OC(F)F. The highest BCUT2D eigenvalue weighted by Gasteiger charge is 2.27. The number of nitrogens with zero attached hydrogens (tertiary/aromatic N) is 1. The number of para-hydroxylation sites is 1. The summed E-state index contributed by atoms with van der Waals surface area (Å²) >= 11 is 0. The number of likely N-dealkylation sites (tertiary alicyclic amines) is 1. The number of ether oxygens (including phenoxy) is 2. The van der Waals surface area contributed by atoms with Crippen LogP contribution >= 0.6 is 0 Å². The molecule has 136 valence electrons. The van der Waals surface area contributed by atoms with Crippen molar-refractivity contribution in [2.75, 3.05) is 20.2 Å². The summed E-state index contributed by atoms with van der Waals surface area (Å²) in [4.78, 5) is 2.47. The summed E-state index contributed by atoms with van der Waals surface area (Å²) in [5, 5.41) is 3.47. The highest BCUT2D eigenvalue weighted by atomic mass is 19.3. The van der Waals surface area contributed by atoms with E-state index < -0.39 is 6.61 Å². The van der Waals surface area contributed by atoms with Gasteiger partial charge in [0.2, 0.25) is 0 Å². The molecule has 0 unspecified atom stereocenters. The van der Waals surface area contributed by atoms with Crippen LogP contribution in [0.1, 0.15) is 39.2 Å². The maximum Gasteiger partial charge on any atom is 0.387 e. The lowest BCUT2D eigenvalue weighted by Gasteiger charge is -2.41. The Bertz CT molecular complexity index is 524. The van der Waals surface area contributed by atoms with E-state index >= 15 is 0 Å². The molecule has 4 nitrogen and oxygen atoms in total. The molecule has 1 N–H and O–H groups in total. The Kier molecular flexibility index (Phi) is 6.40. The first-order chi connectivity index (χ1) is 11.3. The number of halogens is 2. The first-order valence-corrected chi connectivity index (χ1v) is 8.40. The second kappa shape index (κ2) is 8.12. The minimum absolute atomic E-state index is 0.120. The zero-order valence-electron chi connectivity index (χ0n) is 14.9. The Morgan fingerprint density at radius 2 is 1.92 bits per heavy atom. The van der Waals surface area contributed by atoms with Gasteiger partial charge in [0.15, 0.2) is 11.5 Å². The van der Waals surface area contributed by atoms with Crippen LogP contribution < -0.4 is 14.8 Å². The third-order valence-corrected chi connectivity index (χ3v) is 4.51. The van der Waals surface area contributed by atoms with Crippen molar-refractivity contribution in [2.45, 2.75) is 58.3 Å². The minimum atomic E-state index is -2.87. The second-order valence-corrected chi connectivity index (χ2v) is 7.14. The van der Waals surface area contributed by atoms with E-state index in [-0.39, 0.29) is 11.3 Å². The molecule has 1 fully saturated rings. The maximum atomic E-state index is 12.7. The average Bonchev–Trinajstić information content (AvgIpc) is 2.53. The zero-order chi connectivity index (χ0) is 17.7. The van der Waals surface area contributed by atoms with E-state index in [1.165, 1.54) is 7.11 Å². The van der Waals surface area contributed by atoms with E-state index in [0.29, 0.717) is 23.9 Å². The second-order valence-electron chi connectivity index (χ2n) is 7.14. The number of methoxy groups -OCH3 is 1. The molecule has 1 heterocycles. The smallest absolute Gasteiger partial charge is 0.387 e. The van der Waals surface area contributed by atoms with Crippen molar-refractivity contribution in [3.8, 4) is 11.5 Å². The Morgan fingerprint density at radius 3 is 2.46 bits per heavy atom. The van der Waals surface area contributed by atoms with Crippen molar-refractivity contribution in [2.24, 2.45) is 0 Å². The fraction of sp³-hybridized carbons (Fsp3) is 0.667. The van der Waals surface area contributed by atoms with Gasteiger partial charge in [-0.15, -0.1) is 0 Å². The molecule has 1 aromatic carbocycles. The van der Waals surface area contributed by atoms with Crippen molar-refractivity contribution in [3.63, 3.8) is 0 Å². The molecule has 0 radical (unpaired) electrons. The van der Waals surface area contributed by atoms with Crippen molar-refractivity contribution >= 4 is 0 Å². The summed E-state index contributed by atoms with van der Waals surface area (Å²) in [6.07, 6.45) is 2.10. The molecule has 1 aliphatic heterocycles. The van der Waals surface area contributed by atoms with Crippen LogP contribution in [0, 0.1) is 0 Å². The molecular weight excluding hydrogens is 314 g/mol. The molecule has 1 saturated heterocycles. The van der Waals surface area contributed by atoms with Gasteiger partial charge in [0, 0.05) is 36.8 Å². The van der Waals surface area contributed by atoms with Crippen LogP contribution in [0.15, 0.2) is 18.2 Å². The van der Waals surface area contributed by atoms with Crippen LogP contribution in [0.3, 0.4) is 0 Å².